The first kappa shape index (κ1) is 13.6. The number of nitrogen functional groups attached to an aromatic ring is 1. The highest BCUT2D eigenvalue weighted by Crippen LogP contribution is 2.27. The monoisotopic (exact) mass is 276 g/mol. The lowest BCUT2D eigenvalue weighted by Gasteiger charge is -2.42. The summed E-state index contributed by atoms with van der Waals surface area (Å²) in [6, 6.07) is 4.57. The Morgan fingerprint density at radius 2 is 2.20 bits per heavy atom. The number of hydrogen-bond acceptors (Lipinski definition) is 5. The number of nitrogens with one attached hydrogen (secondary N) is 1. The van der Waals surface area contributed by atoms with Crippen LogP contribution < -0.4 is 16.0 Å². The third-order valence-electron chi connectivity index (χ3n) is 4.16. The van der Waals surface area contributed by atoms with Gasteiger partial charge in [0.25, 0.3) is 0 Å². The molecule has 2 aliphatic rings. The van der Waals surface area contributed by atoms with Gasteiger partial charge in [0.05, 0.1) is 24.6 Å². The normalized spacial score (nSPS) is 23.9. The molecule has 1 unspecified atom stereocenters. The van der Waals surface area contributed by atoms with Gasteiger partial charge < -0.3 is 20.7 Å². The number of hydrogen-bond donors (Lipinski definition) is 2. The topological polar surface area (TPSA) is 63.4 Å². The number of ether oxygens (including phenoxy) is 1. The van der Waals surface area contributed by atoms with Crippen LogP contribution in [0.2, 0.25) is 0 Å². The quantitative estimate of drug-likeness (QED) is 0.870. The Morgan fingerprint density at radius 1 is 1.40 bits per heavy atom. The third-order valence-corrected chi connectivity index (χ3v) is 4.16. The summed E-state index contributed by atoms with van der Waals surface area (Å²) in [5.74, 6) is 0.564. The third kappa shape index (κ3) is 3.04. The molecule has 0 radical (unpaired) electrons. The largest absolute Gasteiger partial charge is 0.384 e. The first-order chi connectivity index (χ1) is 9.54. The Balaban J connectivity index is 1.67. The van der Waals surface area contributed by atoms with Crippen molar-refractivity contribution in [2.45, 2.75) is 44.4 Å². The molecule has 3 N–H and O–H groups in total. The van der Waals surface area contributed by atoms with Gasteiger partial charge in [-0.3, -0.25) is 0 Å². The average Bonchev–Trinajstić information content (AvgIpc) is 3.23. The molecule has 0 amide bonds. The zero-order chi connectivity index (χ0) is 14.2. The lowest BCUT2D eigenvalue weighted by Crippen LogP contribution is -2.58. The van der Waals surface area contributed by atoms with Gasteiger partial charge >= 0.3 is 0 Å². The molecular weight excluding hydrogens is 252 g/mol. The fraction of sp³-hybridized carbons (Fsp3) is 0.667. The van der Waals surface area contributed by atoms with Crippen LogP contribution in [0.1, 0.15) is 26.7 Å². The predicted octanol–water partition coefficient (Wildman–Crippen LogP) is 1.40. The van der Waals surface area contributed by atoms with Crippen LogP contribution in [0, 0.1) is 0 Å². The zero-order valence-electron chi connectivity index (χ0n) is 12.3. The summed E-state index contributed by atoms with van der Waals surface area (Å²) in [5, 5.41) is 3.69. The maximum Gasteiger partial charge on any atom is 0.123 e. The van der Waals surface area contributed by atoms with E-state index in [2.05, 4.69) is 29.0 Å². The number of rotatable bonds is 4. The summed E-state index contributed by atoms with van der Waals surface area (Å²) in [5.41, 5.74) is 6.77. The summed E-state index contributed by atoms with van der Waals surface area (Å²) < 4.78 is 6.00. The van der Waals surface area contributed by atoms with E-state index in [1.807, 2.05) is 18.3 Å². The van der Waals surface area contributed by atoms with Gasteiger partial charge in [-0.15, -0.1) is 0 Å². The number of morpholine rings is 1. The van der Waals surface area contributed by atoms with Crippen LogP contribution in [-0.2, 0) is 4.74 Å². The molecule has 1 aromatic heterocycles. The molecule has 3 rings (SSSR count). The minimum atomic E-state index is 0.00106. The molecule has 2 fully saturated rings. The highest BCUT2D eigenvalue weighted by atomic mass is 16.5. The number of nitrogens with zero attached hydrogens (tertiary/aromatic N) is 2. The maximum absolute atomic E-state index is 6.00. The van der Waals surface area contributed by atoms with Gasteiger partial charge in [-0.2, -0.15) is 0 Å². The van der Waals surface area contributed by atoms with Crippen LogP contribution in [0.5, 0.6) is 0 Å². The van der Waals surface area contributed by atoms with Gasteiger partial charge in [-0.1, -0.05) is 0 Å². The van der Waals surface area contributed by atoms with Gasteiger partial charge in [0, 0.05) is 24.7 Å². The van der Waals surface area contributed by atoms with E-state index in [1.54, 1.807) is 0 Å². The van der Waals surface area contributed by atoms with Crippen LogP contribution in [0.3, 0.4) is 0 Å². The van der Waals surface area contributed by atoms with Crippen LogP contribution in [-0.4, -0.2) is 42.4 Å². The van der Waals surface area contributed by atoms with E-state index in [1.165, 1.54) is 12.8 Å². The fourth-order valence-corrected chi connectivity index (χ4v) is 2.75. The highest BCUT2D eigenvalue weighted by Gasteiger charge is 2.38. The van der Waals surface area contributed by atoms with Gasteiger partial charge in [-0.05, 0) is 38.8 Å². The first-order valence-corrected chi connectivity index (χ1v) is 7.40. The first-order valence-electron chi connectivity index (χ1n) is 7.40. The lowest BCUT2D eigenvalue weighted by molar-refractivity contribution is -0.0134. The Bertz CT molecular complexity index is 455. The molecule has 1 saturated carbocycles. The van der Waals surface area contributed by atoms with Crippen LogP contribution in [0.4, 0.5) is 11.5 Å². The minimum absolute atomic E-state index is 0.00106. The van der Waals surface area contributed by atoms with E-state index in [0.717, 1.165) is 25.4 Å². The number of aromatic nitrogens is 1. The minimum Gasteiger partial charge on any atom is -0.384 e. The van der Waals surface area contributed by atoms with Gasteiger partial charge in [0.2, 0.25) is 0 Å². The molecule has 0 bridgehead atoms. The van der Waals surface area contributed by atoms with Crippen molar-refractivity contribution in [2.75, 3.05) is 30.3 Å². The summed E-state index contributed by atoms with van der Waals surface area (Å²) >= 11 is 0. The van der Waals surface area contributed by atoms with Crippen molar-refractivity contribution in [3.8, 4) is 0 Å². The van der Waals surface area contributed by atoms with E-state index in [0.29, 0.717) is 11.9 Å². The highest BCUT2D eigenvalue weighted by molar-refractivity contribution is 5.48. The summed E-state index contributed by atoms with van der Waals surface area (Å²) in [7, 11) is 0. The van der Waals surface area contributed by atoms with Gasteiger partial charge in [0.1, 0.15) is 5.82 Å². The van der Waals surface area contributed by atoms with Crippen molar-refractivity contribution < 1.29 is 4.74 Å². The van der Waals surface area contributed by atoms with Crippen molar-refractivity contribution in [1.82, 2.24) is 10.3 Å². The van der Waals surface area contributed by atoms with E-state index in [9.17, 15) is 0 Å². The van der Waals surface area contributed by atoms with Gasteiger partial charge in [-0.25, -0.2) is 4.98 Å². The second kappa shape index (κ2) is 5.22. The summed E-state index contributed by atoms with van der Waals surface area (Å²) in [4.78, 5) is 6.51. The fourth-order valence-electron chi connectivity index (χ4n) is 2.75. The summed E-state index contributed by atoms with van der Waals surface area (Å²) in [6.07, 6.45) is 4.62. The molecule has 1 aliphatic carbocycles. The smallest absolute Gasteiger partial charge is 0.123 e. The molecule has 1 aliphatic heterocycles. The Hall–Kier alpha value is -1.33. The average molecular weight is 276 g/mol. The lowest BCUT2D eigenvalue weighted by atomic mass is 9.95. The Labute approximate surface area is 120 Å². The SMILES string of the molecule is CC(C)(NC1CC1)C1CN(c2ccc(N)nc2)CCO1. The maximum atomic E-state index is 6.00. The standard InChI is InChI=1S/C15H24N4O/c1-15(2,18-11-3-4-11)13-10-19(7-8-20-13)12-5-6-14(16)17-9-12/h5-6,9,11,13,18H,3-4,7-8,10H2,1-2H3,(H2,16,17). The second-order valence-electron chi connectivity index (χ2n) is 6.39. The Kier molecular flexibility index (Phi) is 3.56. The van der Waals surface area contributed by atoms with E-state index < -0.39 is 0 Å². The van der Waals surface area contributed by atoms with Crippen molar-refractivity contribution in [3.63, 3.8) is 0 Å². The molecule has 1 atom stereocenters. The van der Waals surface area contributed by atoms with E-state index in [-0.39, 0.29) is 11.6 Å². The van der Waals surface area contributed by atoms with Crippen LogP contribution in [0.25, 0.3) is 0 Å². The molecular formula is C15H24N4O. The van der Waals surface area contributed by atoms with Gasteiger partial charge in [0.15, 0.2) is 0 Å². The molecule has 110 valence electrons. The van der Waals surface area contributed by atoms with Crippen molar-refractivity contribution in [2.24, 2.45) is 0 Å². The van der Waals surface area contributed by atoms with Crippen LogP contribution in [0.15, 0.2) is 18.3 Å². The molecule has 5 heteroatoms. The zero-order valence-corrected chi connectivity index (χ0v) is 12.3. The number of nitrogens with two attached hydrogens (primary N) is 1. The predicted molar refractivity (Wildman–Crippen MR) is 80.8 cm³/mol. The molecule has 0 spiro atoms. The molecule has 5 nitrogen and oxygen atoms in total. The van der Waals surface area contributed by atoms with E-state index in [4.69, 9.17) is 10.5 Å². The Morgan fingerprint density at radius 3 is 2.85 bits per heavy atom. The van der Waals surface area contributed by atoms with Crippen molar-refractivity contribution in [3.05, 3.63) is 18.3 Å². The molecule has 20 heavy (non-hydrogen) atoms. The molecule has 1 aromatic rings. The number of pyridine rings is 1. The molecule has 2 heterocycles. The van der Waals surface area contributed by atoms with E-state index >= 15 is 0 Å². The second-order valence-corrected chi connectivity index (χ2v) is 6.39. The summed E-state index contributed by atoms with van der Waals surface area (Å²) in [6.45, 7) is 7.02. The van der Waals surface area contributed by atoms with Crippen LogP contribution >= 0.6 is 0 Å². The van der Waals surface area contributed by atoms with Crippen molar-refractivity contribution in [1.29, 1.82) is 0 Å². The molecule has 1 saturated heterocycles. The van der Waals surface area contributed by atoms with Crippen molar-refractivity contribution >= 4 is 11.5 Å². The number of anilines is 2. The molecule has 0 aromatic carbocycles.